The number of hydrogen-bond donors (Lipinski definition) is 0. The molecular weight excluding hydrogens is 302 g/mol. The zero-order valence-electron chi connectivity index (χ0n) is 10.9. The van der Waals surface area contributed by atoms with Crippen molar-refractivity contribution in [3.05, 3.63) is 34.3 Å². The lowest BCUT2D eigenvalue weighted by Gasteiger charge is -2.17. The van der Waals surface area contributed by atoms with Gasteiger partial charge in [-0.05, 0) is 24.5 Å². The van der Waals surface area contributed by atoms with Crippen molar-refractivity contribution in [2.45, 2.75) is 44.4 Å². The Morgan fingerprint density at radius 3 is 2.42 bits per heavy atom. The fourth-order valence-corrected chi connectivity index (χ4v) is 3.31. The number of ketones is 1. The van der Waals surface area contributed by atoms with Gasteiger partial charge in [0.05, 0.1) is 6.07 Å². The maximum atomic E-state index is 12.6. The molecule has 0 aromatic heterocycles. The maximum Gasteiger partial charge on any atom is 0.157 e. The summed E-state index contributed by atoms with van der Waals surface area (Å²) in [6.45, 7) is 0. The largest absolute Gasteiger partial charge is 0.298 e. The summed E-state index contributed by atoms with van der Waals surface area (Å²) in [5.41, 5.74) is 0.805. The Labute approximate surface area is 122 Å². The van der Waals surface area contributed by atoms with Crippen molar-refractivity contribution in [2.75, 3.05) is 0 Å². The second-order valence-corrected chi connectivity index (χ2v) is 6.03. The van der Waals surface area contributed by atoms with Gasteiger partial charge in [0, 0.05) is 10.4 Å². The Balaban J connectivity index is 2.20. The molecule has 1 unspecified atom stereocenters. The molecule has 1 aliphatic carbocycles. The molecule has 3 heteroatoms. The molecule has 2 nitrogen and oxygen atoms in total. The first kappa shape index (κ1) is 14.3. The third kappa shape index (κ3) is 3.45. The topological polar surface area (TPSA) is 40.9 Å². The first-order valence-corrected chi connectivity index (χ1v) is 7.71. The van der Waals surface area contributed by atoms with Crippen molar-refractivity contribution < 1.29 is 4.79 Å². The molecule has 1 atom stereocenters. The Morgan fingerprint density at radius 1 is 1.21 bits per heavy atom. The van der Waals surface area contributed by atoms with Crippen LogP contribution >= 0.6 is 15.9 Å². The van der Waals surface area contributed by atoms with Crippen LogP contribution in [-0.4, -0.2) is 5.78 Å². The number of hydrogen-bond acceptors (Lipinski definition) is 2. The first-order chi connectivity index (χ1) is 9.24. The first-order valence-electron chi connectivity index (χ1n) is 6.92. The van der Waals surface area contributed by atoms with Crippen molar-refractivity contribution >= 4 is 21.7 Å². The molecule has 0 aliphatic heterocycles. The van der Waals surface area contributed by atoms with E-state index in [1.165, 1.54) is 12.8 Å². The average molecular weight is 320 g/mol. The van der Waals surface area contributed by atoms with Gasteiger partial charge in [0.1, 0.15) is 5.92 Å². The van der Waals surface area contributed by atoms with E-state index in [0.717, 1.165) is 35.7 Å². The van der Waals surface area contributed by atoms with Gasteiger partial charge in [0.2, 0.25) is 0 Å². The van der Waals surface area contributed by atoms with E-state index < -0.39 is 5.92 Å². The number of carbonyl (C=O) groups excluding carboxylic acids is 1. The van der Waals surface area contributed by atoms with Crippen molar-refractivity contribution in [1.82, 2.24) is 0 Å². The minimum Gasteiger partial charge on any atom is -0.298 e. The number of halogens is 1. The van der Waals surface area contributed by atoms with Crippen molar-refractivity contribution in [3.8, 4) is 6.07 Å². The van der Waals surface area contributed by atoms with Crippen LogP contribution in [-0.2, 0) is 4.79 Å². The maximum absolute atomic E-state index is 12.6. The van der Waals surface area contributed by atoms with Crippen LogP contribution in [0.15, 0.2) is 28.7 Å². The number of Topliss-reactive ketones (excluding diaryl/α,β-unsaturated/α-hetero) is 1. The third-order valence-corrected chi connectivity index (χ3v) is 4.61. The summed E-state index contributed by atoms with van der Waals surface area (Å²) < 4.78 is 0.850. The average Bonchev–Trinajstić information content (AvgIpc) is 2.70. The molecule has 1 saturated carbocycles. The van der Waals surface area contributed by atoms with Crippen LogP contribution in [0.5, 0.6) is 0 Å². The van der Waals surface area contributed by atoms with Crippen LogP contribution in [0, 0.1) is 17.2 Å². The Kier molecular flexibility index (Phi) is 5.15. The summed E-state index contributed by atoms with van der Waals surface area (Å²) in [6.07, 6.45) is 6.56. The predicted octanol–water partition coefficient (Wildman–Crippen LogP) is 4.60. The van der Waals surface area contributed by atoms with Crippen LogP contribution in [0.3, 0.4) is 0 Å². The van der Waals surface area contributed by atoms with Crippen LogP contribution in [0.2, 0.25) is 0 Å². The molecule has 19 heavy (non-hydrogen) atoms. The highest BCUT2D eigenvalue weighted by Crippen LogP contribution is 2.32. The molecule has 1 aromatic carbocycles. The molecule has 0 heterocycles. The molecule has 1 aliphatic rings. The minimum atomic E-state index is -0.626. The lowest BCUT2D eigenvalue weighted by Crippen LogP contribution is -2.21. The molecule has 0 amide bonds. The van der Waals surface area contributed by atoms with Gasteiger partial charge in [0.15, 0.2) is 5.78 Å². The van der Waals surface area contributed by atoms with E-state index in [1.807, 2.05) is 24.3 Å². The minimum absolute atomic E-state index is 0.0688. The van der Waals surface area contributed by atoms with Crippen LogP contribution in [0.25, 0.3) is 0 Å². The highest BCUT2D eigenvalue weighted by molar-refractivity contribution is 9.10. The second-order valence-electron chi connectivity index (χ2n) is 5.17. The fraction of sp³-hybridized carbons (Fsp3) is 0.500. The van der Waals surface area contributed by atoms with Gasteiger partial charge in [-0.25, -0.2) is 0 Å². The van der Waals surface area contributed by atoms with Gasteiger partial charge < -0.3 is 0 Å². The van der Waals surface area contributed by atoms with E-state index in [-0.39, 0.29) is 11.7 Å². The molecule has 0 radical (unpaired) electrons. The van der Waals surface area contributed by atoms with E-state index in [2.05, 4.69) is 22.0 Å². The SMILES string of the molecule is N#CC(C(=O)C1CCCCCC1)c1ccccc1Br. The van der Waals surface area contributed by atoms with Crippen molar-refractivity contribution in [2.24, 2.45) is 5.92 Å². The van der Waals surface area contributed by atoms with Gasteiger partial charge in [-0.2, -0.15) is 5.26 Å². The number of nitriles is 1. The highest BCUT2D eigenvalue weighted by Gasteiger charge is 2.29. The smallest absolute Gasteiger partial charge is 0.157 e. The molecule has 2 rings (SSSR count). The Bertz CT molecular complexity index is 484. The van der Waals surface area contributed by atoms with Crippen LogP contribution in [0.1, 0.15) is 50.0 Å². The molecular formula is C16H18BrNO. The van der Waals surface area contributed by atoms with Gasteiger partial charge in [0.25, 0.3) is 0 Å². The quantitative estimate of drug-likeness (QED) is 0.764. The highest BCUT2D eigenvalue weighted by atomic mass is 79.9. The molecule has 0 saturated heterocycles. The molecule has 1 fully saturated rings. The number of nitrogens with zero attached hydrogens (tertiary/aromatic N) is 1. The lowest BCUT2D eigenvalue weighted by molar-refractivity contribution is -0.123. The molecule has 100 valence electrons. The Hall–Kier alpha value is -1.14. The van der Waals surface area contributed by atoms with Gasteiger partial charge in [-0.15, -0.1) is 0 Å². The fourth-order valence-electron chi connectivity index (χ4n) is 2.80. The Morgan fingerprint density at radius 2 is 1.84 bits per heavy atom. The summed E-state index contributed by atoms with van der Waals surface area (Å²) in [7, 11) is 0. The summed E-state index contributed by atoms with van der Waals surface area (Å²) in [5.74, 6) is -0.450. The number of rotatable bonds is 3. The zero-order chi connectivity index (χ0) is 13.7. The lowest BCUT2D eigenvalue weighted by atomic mass is 9.84. The van der Waals surface area contributed by atoms with Gasteiger partial charge in [-0.3, -0.25) is 4.79 Å². The predicted molar refractivity (Wildman–Crippen MR) is 78.7 cm³/mol. The van der Waals surface area contributed by atoms with Crippen molar-refractivity contribution in [1.29, 1.82) is 5.26 Å². The van der Waals surface area contributed by atoms with E-state index in [4.69, 9.17) is 0 Å². The summed E-state index contributed by atoms with van der Waals surface area (Å²) in [5, 5.41) is 9.38. The summed E-state index contributed by atoms with van der Waals surface area (Å²) >= 11 is 3.44. The molecule has 1 aromatic rings. The van der Waals surface area contributed by atoms with Crippen LogP contribution in [0.4, 0.5) is 0 Å². The van der Waals surface area contributed by atoms with Gasteiger partial charge in [-0.1, -0.05) is 59.8 Å². The zero-order valence-corrected chi connectivity index (χ0v) is 12.5. The monoisotopic (exact) mass is 319 g/mol. The molecule has 0 spiro atoms. The number of benzene rings is 1. The van der Waals surface area contributed by atoms with Crippen molar-refractivity contribution in [3.63, 3.8) is 0 Å². The third-order valence-electron chi connectivity index (χ3n) is 3.89. The van der Waals surface area contributed by atoms with Crippen LogP contribution < -0.4 is 0 Å². The van der Waals surface area contributed by atoms with E-state index in [1.54, 1.807) is 0 Å². The van der Waals surface area contributed by atoms with E-state index in [0.29, 0.717) is 0 Å². The van der Waals surface area contributed by atoms with Gasteiger partial charge >= 0.3 is 0 Å². The van der Waals surface area contributed by atoms with E-state index >= 15 is 0 Å². The standard InChI is InChI=1S/C16H18BrNO/c17-15-10-6-5-9-13(15)14(11-18)16(19)12-7-3-1-2-4-8-12/h5-6,9-10,12,14H,1-4,7-8H2. The second kappa shape index (κ2) is 6.86. The normalized spacial score (nSPS) is 18.3. The molecule has 0 bridgehead atoms. The summed E-state index contributed by atoms with van der Waals surface area (Å²) in [6, 6.07) is 9.73. The summed E-state index contributed by atoms with van der Waals surface area (Å²) in [4.78, 5) is 12.6. The van der Waals surface area contributed by atoms with E-state index in [9.17, 15) is 10.1 Å². The molecule has 0 N–H and O–H groups in total. The number of carbonyl (C=O) groups is 1.